The molecule has 1 aromatic carbocycles. The summed E-state index contributed by atoms with van der Waals surface area (Å²) in [5.74, 6) is 0.309. The number of carbonyl (C=O) groups excluding carboxylic acids is 2. The van der Waals surface area contributed by atoms with Gasteiger partial charge in [-0.2, -0.15) is 0 Å². The van der Waals surface area contributed by atoms with Crippen molar-refractivity contribution in [1.82, 2.24) is 14.7 Å². The molecule has 0 aromatic heterocycles. The van der Waals surface area contributed by atoms with E-state index in [-0.39, 0.29) is 17.9 Å². The maximum absolute atomic E-state index is 12.8. The number of nitrogens with zero attached hydrogens (tertiary/aromatic N) is 3. The van der Waals surface area contributed by atoms with Gasteiger partial charge in [0.05, 0.1) is 25.8 Å². The largest absolute Gasteiger partial charge is 0.378 e. The number of morpholine rings is 1. The van der Waals surface area contributed by atoms with Gasteiger partial charge in [-0.25, -0.2) is 0 Å². The molecule has 140 valence electrons. The molecule has 0 bridgehead atoms. The fraction of sp³-hybridized carbons (Fsp3) is 0.600. The Morgan fingerprint density at radius 2 is 1.77 bits per heavy atom. The van der Waals surface area contributed by atoms with Gasteiger partial charge >= 0.3 is 0 Å². The summed E-state index contributed by atoms with van der Waals surface area (Å²) in [6.07, 6.45) is 2.75. The zero-order valence-electron chi connectivity index (χ0n) is 15.2. The minimum atomic E-state index is -0.144. The molecule has 0 radical (unpaired) electrons. The average Bonchev–Trinajstić information content (AvgIpc) is 3.15. The quantitative estimate of drug-likeness (QED) is 0.806. The van der Waals surface area contributed by atoms with Gasteiger partial charge in [0.1, 0.15) is 0 Å². The van der Waals surface area contributed by atoms with E-state index in [2.05, 4.69) is 23.1 Å². The van der Waals surface area contributed by atoms with Crippen LogP contribution in [0, 0.1) is 0 Å². The second-order valence-electron chi connectivity index (χ2n) is 7.40. The van der Waals surface area contributed by atoms with E-state index in [4.69, 9.17) is 4.74 Å². The van der Waals surface area contributed by atoms with Crippen LogP contribution in [-0.2, 0) is 27.3 Å². The Labute approximate surface area is 154 Å². The summed E-state index contributed by atoms with van der Waals surface area (Å²) in [6, 6.07) is 8.20. The van der Waals surface area contributed by atoms with E-state index in [9.17, 15) is 9.59 Å². The van der Waals surface area contributed by atoms with E-state index in [1.54, 1.807) is 0 Å². The number of amides is 2. The van der Waals surface area contributed by atoms with E-state index in [1.165, 1.54) is 11.1 Å². The number of carbonyl (C=O) groups is 2. The van der Waals surface area contributed by atoms with Crippen LogP contribution in [0.3, 0.4) is 0 Å². The number of hydrogen-bond donors (Lipinski definition) is 0. The zero-order chi connectivity index (χ0) is 17.9. The maximum atomic E-state index is 12.8. The van der Waals surface area contributed by atoms with Gasteiger partial charge in [0.15, 0.2) is 0 Å². The number of hydrogen-bond acceptors (Lipinski definition) is 4. The predicted octanol–water partition coefficient (Wildman–Crippen LogP) is 0.895. The van der Waals surface area contributed by atoms with Crippen LogP contribution in [0.15, 0.2) is 24.3 Å². The third-order valence-corrected chi connectivity index (χ3v) is 5.79. The first kappa shape index (κ1) is 17.5. The van der Waals surface area contributed by atoms with Gasteiger partial charge in [0.2, 0.25) is 11.8 Å². The van der Waals surface area contributed by atoms with Gasteiger partial charge in [-0.3, -0.25) is 14.5 Å². The smallest absolute Gasteiger partial charge is 0.240 e. The van der Waals surface area contributed by atoms with Crippen LogP contribution in [0.4, 0.5) is 0 Å². The monoisotopic (exact) mass is 357 g/mol. The molecule has 3 aliphatic rings. The molecule has 1 aromatic rings. The first-order chi connectivity index (χ1) is 12.7. The summed E-state index contributed by atoms with van der Waals surface area (Å²) in [5.41, 5.74) is 2.59. The molecule has 2 saturated heterocycles. The summed E-state index contributed by atoms with van der Waals surface area (Å²) in [4.78, 5) is 31.6. The molecule has 6 heteroatoms. The van der Waals surface area contributed by atoms with Crippen molar-refractivity contribution in [3.8, 4) is 0 Å². The molecule has 2 amide bonds. The number of benzene rings is 1. The molecule has 3 aliphatic heterocycles. The van der Waals surface area contributed by atoms with Crippen LogP contribution in [0.2, 0.25) is 0 Å². The molecule has 4 rings (SSSR count). The molecule has 0 spiro atoms. The number of likely N-dealkylation sites (tertiary alicyclic amines) is 1. The highest BCUT2D eigenvalue weighted by atomic mass is 16.5. The summed E-state index contributed by atoms with van der Waals surface area (Å²) in [6.45, 7) is 5.20. The van der Waals surface area contributed by atoms with E-state index in [0.717, 1.165) is 32.4 Å². The van der Waals surface area contributed by atoms with Crippen molar-refractivity contribution in [2.24, 2.45) is 0 Å². The zero-order valence-corrected chi connectivity index (χ0v) is 15.2. The van der Waals surface area contributed by atoms with Gasteiger partial charge in [-0.1, -0.05) is 24.3 Å². The van der Waals surface area contributed by atoms with Gasteiger partial charge in [0.25, 0.3) is 0 Å². The van der Waals surface area contributed by atoms with Crippen molar-refractivity contribution in [1.29, 1.82) is 0 Å². The van der Waals surface area contributed by atoms with Crippen LogP contribution in [0.1, 0.15) is 24.0 Å². The van der Waals surface area contributed by atoms with Crippen LogP contribution in [-0.4, -0.2) is 78.5 Å². The Hall–Kier alpha value is -1.92. The van der Waals surface area contributed by atoms with E-state index in [1.807, 2.05) is 15.9 Å². The van der Waals surface area contributed by atoms with Crippen LogP contribution in [0.25, 0.3) is 0 Å². The Morgan fingerprint density at radius 3 is 2.58 bits per heavy atom. The minimum absolute atomic E-state index is 0.140. The fourth-order valence-corrected chi connectivity index (χ4v) is 4.27. The summed E-state index contributed by atoms with van der Waals surface area (Å²) < 4.78 is 5.34. The highest BCUT2D eigenvalue weighted by Crippen LogP contribution is 2.22. The lowest BCUT2D eigenvalue weighted by atomic mass is 10.00. The lowest BCUT2D eigenvalue weighted by Gasteiger charge is -2.34. The van der Waals surface area contributed by atoms with Crippen LogP contribution >= 0.6 is 0 Å². The van der Waals surface area contributed by atoms with Crippen LogP contribution < -0.4 is 0 Å². The molecule has 0 unspecified atom stereocenters. The first-order valence-electron chi connectivity index (χ1n) is 9.67. The molecule has 1 atom stereocenters. The highest BCUT2D eigenvalue weighted by Gasteiger charge is 2.36. The molecular formula is C20H27N3O3. The lowest BCUT2D eigenvalue weighted by molar-refractivity contribution is -0.141. The van der Waals surface area contributed by atoms with Crippen molar-refractivity contribution < 1.29 is 14.3 Å². The number of ether oxygens (including phenoxy) is 1. The van der Waals surface area contributed by atoms with E-state index >= 15 is 0 Å². The van der Waals surface area contributed by atoms with Gasteiger partial charge in [-0.15, -0.1) is 0 Å². The summed E-state index contributed by atoms with van der Waals surface area (Å²) >= 11 is 0. The fourth-order valence-electron chi connectivity index (χ4n) is 4.27. The van der Waals surface area contributed by atoms with Crippen molar-refractivity contribution in [3.63, 3.8) is 0 Å². The summed E-state index contributed by atoms with van der Waals surface area (Å²) in [5, 5.41) is 0. The molecule has 6 nitrogen and oxygen atoms in total. The topological polar surface area (TPSA) is 53.1 Å². The van der Waals surface area contributed by atoms with Gasteiger partial charge < -0.3 is 14.5 Å². The standard InChI is InChI=1S/C20H27N3O3/c24-19(23-9-7-16-4-1-2-5-17(16)14-23)15-22-8-3-6-18(22)20(25)21-10-12-26-13-11-21/h1-2,4-5,18H,3,6-15H2/t18-/m0/s1. The Morgan fingerprint density at radius 1 is 1.00 bits per heavy atom. The second-order valence-corrected chi connectivity index (χ2v) is 7.40. The molecule has 3 heterocycles. The van der Waals surface area contributed by atoms with E-state index < -0.39 is 0 Å². The summed E-state index contributed by atoms with van der Waals surface area (Å²) in [7, 11) is 0. The Bertz CT molecular complexity index is 672. The molecule has 0 saturated carbocycles. The minimum Gasteiger partial charge on any atom is -0.378 e. The Kier molecular flexibility index (Phi) is 5.22. The SMILES string of the molecule is O=C(CN1CCC[C@H]1C(=O)N1CCOCC1)N1CCc2ccccc2C1. The molecule has 26 heavy (non-hydrogen) atoms. The van der Waals surface area contributed by atoms with Crippen molar-refractivity contribution in [2.45, 2.75) is 31.8 Å². The predicted molar refractivity (Wildman–Crippen MR) is 97.6 cm³/mol. The second kappa shape index (κ2) is 7.76. The highest BCUT2D eigenvalue weighted by molar-refractivity contribution is 5.84. The third-order valence-electron chi connectivity index (χ3n) is 5.79. The van der Waals surface area contributed by atoms with E-state index in [0.29, 0.717) is 39.4 Å². The van der Waals surface area contributed by atoms with Crippen molar-refractivity contribution in [3.05, 3.63) is 35.4 Å². The van der Waals surface area contributed by atoms with Gasteiger partial charge in [0, 0.05) is 26.2 Å². The maximum Gasteiger partial charge on any atom is 0.240 e. The van der Waals surface area contributed by atoms with Gasteiger partial charge in [-0.05, 0) is 36.9 Å². The molecular weight excluding hydrogens is 330 g/mol. The van der Waals surface area contributed by atoms with Crippen molar-refractivity contribution in [2.75, 3.05) is 45.9 Å². The normalized spacial score (nSPS) is 23.8. The lowest BCUT2D eigenvalue weighted by Crippen LogP contribution is -2.52. The molecule has 0 N–H and O–H groups in total. The number of fused-ring (bicyclic) bond motifs is 1. The number of rotatable bonds is 3. The third kappa shape index (κ3) is 3.62. The molecule has 0 aliphatic carbocycles. The Balaban J connectivity index is 1.37. The first-order valence-corrected chi connectivity index (χ1v) is 9.67. The van der Waals surface area contributed by atoms with Crippen LogP contribution in [0.5, 0.6) is 0 Å². The molecule has 2 fully saturated rings. The average molecular weight is 357 g/mol. The van der Waals surface area contributed by atoms with Crippen molar-refractivity contribution >= 4 is 11.8 Å².